The number of esters is 1. The zero-order valence-electron chi connectivity index (χ0n) is 33.3. The Kier molecular flexibility index (Phi) is 17.1. The number of rotatable bonds is 12. The average molecular weight is 771 g/mol. The minimum atomic E-state index is -1.24. The van der Waals surface area contributed by atoms with E-state index in [4.69, 9.17) is 14.2 Å². The Hall–Kier alpha value is -3.41. The summed E-state index contributed by atoms with van der Waals surface area (Å²) >= 11 is 0. The van der Waals surface area contributed by atoms with Gasteiger partial charge in [-0.15, -0.1) is 5.10 Å². The number of ketones is 1. The topological polar surface area (TPSA) is 202 Å². The summed E-state index contributed by atoms with van der Waals surface area (Å²) in [6.45, 7) is 10.4. The van der Waals surface area contributed by atoms with Gasteiger partial charge in [0.2, 0.25) is 0 Å². The van der Waals surface area contributed by atoms with Gasteiger partial charge in [-0.25, -0.2) is 0 Å². The molecule has 15 nitrogen and oxygen atoms in total. The van der Waals surface area contributed by atoms with Crippen molar-refractivity contribution in [2.75, 3.05) is 33.8 Å². The molecule has 0 spiro atoms. The molecule has 0 radical (unpaired) electrons. The van der Waals surface area contributed by atoms with E-state index in [9.17, 15) is 30.0 Å². The van der Waals surface area contributed by atoms with Gasteiger partial charge in [0.25, 0.3) is 0 Å². The Labute approximate surface area is 324 Å². The number of nitrogens with one attached hydrogen (secondary N) is 1. The van der Waals surface area contributed by atoms with Gasteiger partial charge in [0.1, 0.15) is 17.9 Å². The molecule has 15 heteroatoms. The predicted molar refractivity (Wildman–Crippen MR) is 205 cm³/mol. The molecule has 55 heavy (non-hydrogen) atoms. The van der Waals surface area contributed by atoms with E-state index >= 15 is 0 Å². The molecule has 1 fully saturated rings. The third kappa shape index (κ3) is 12.3. The highest BCUT2D eigenvalue weighted by atomic mass is 16.7. The van der Waals surface area contributed by atoms with Crippen molar-refractivity contribution >= 4 is 11.8 Å². The molecule has 5 N–H and O–H groups in total. The van der Waals surface area contributed by atoms with Crippen molar-refractivity contribution in [2.45, 2.75) is 116 Å². The second kappa shape index (κ2) is 21.2. The molecule has 2 aromatic heterocycles. The van der Waals surface area contributed by atoms with Crippen molar-refractivity contribution in [3.63, 3.8) is 0 Å². The molecule has 2 aromatic rings. The van der Waals surface area contributed by atoms with E-state index in [0.717, 1.165) is 11.3 Å². The third-order valence-corrected chi connectivity index (χ3v) is 10.8. The fourth-order valence-electron chi connectivity index (χ4n) is 7.50. The molecule has 4 heterocycles. The Morgan fingerprint density at radius 1 is 1.05 bits per heavy atom. The SMILES string of the molecule is CC[C@H]1OC(=O)C[C@@H](O)[C@H](C)[C@@H](O[C@@H]2O[C@H](C)[C@@H](O)C(N(C)C)C2O)[C@@H](CCNCCn2cc(-c3ccccn3)nn2)C[C@@H](C)C(=O)/C=C/C(C)=C/[C@@H]1CO. The summed E-state index contributed by atoms with van der Waals surface area (Å²) in [5.74, 6) is -2.71. The summed E-state index contributed by atoms with van der Waals surface area (Å²) < 4.78 is 20.3. The van der Waals surface area contributed by atoms with Gasteiger partial charge in [-0.1, -0.05) is 49.8 Å². The van der Waals surface area contributed by atoms with E-state index in [1.807, 2.05) is 45.2 Å². The Morgan fingerprint density at radius 3 is 2.49 bits per heavy atom. The standard InChI is InChI=1S/C40H62N6O9/c1-8-34-29(23-47)19-24(2)12-13-32(48)25(3)20-28(14-16-41-17-18-46-22-31(43-44-46)30-11-9-10-15-42-30)39(26(4)33(49)21-35(50)54-34)55-40-38(52)36(45(6)7)37(51)27(5)53-40/h9-13,15,19,22,25-29,33-34,36-41,47,49,51-52H,8,14,16-18,20-21,23H2,1-7H3/b13-12+,24-19+/t25-,26+,27-,28+,29-,33-,34-,36?,37-,38?,39-,40+/m1/s1. The molecule has 2 aliphatic rings. The van der Waals surface area contributed by atoms with Crippen LogP contribution in [0.2, 0.25) is 0 Å². The van der Waals surface area contributed by atoms with Crippen LogP contribution < -0.4 is 5.32 Å². The number of pyridine rings is 1. The van der Waals surface area contributed by atoms with Crippen molar-refractivity contribution in [3.8, 4) is 11.4 Å². The second-order valence-electron chi connectivity index (χ2n) is 15.3. The summed E-state index contributed by atoms with van der Waals surface area (Å²) in [5.41, 5.74) is 2.14. The van der Waals surface area contributed by atoms with Crippen LogP contribution >= 0.6 is 0 Å². The van der Waals surface area contributed by atoms with Crippen LogP contribution in [0, 0.1) is 23.7 Å². The smallest absolute Gasteiger partial charge is 0.308 e. The van der Waals surface area contributed by atoms with Crippen LogP contribution in [0.25, 0.3) is 11.4 Å². The van der Waals surface area contributed by atoms with E-state index < -0.39 is 72.7 Å². The molecule has 0 bridgehead atoms. The summed E-state index contributed by atoms with van der Waals surface area (Å²) in [4.78, 5) is 32.9. The molecule has 12 atom stereocenters. The molecule has 0 aliphatic carbocycles. The number of hydrogen-bond acceptors (Lipinski definition) is 14. The lowest BCUT2D eigenvalue weighted by Crippen LogP contribution is -2.63. The number of allylic oxidation sites excluding steroid dienone is 3. The minimum Gasteiger partial charge on any atom is -0.462 e. The number of carbonyl (C=O) groups excluding carboxylic acids is 2. The first kappa shape index (κ1) is 44.3. The zero-order chi connectivity index (χ0) is 40.2. The Bertz CT molecular complexity index is 1550. The molecule has 2 unspecified atom stereocenters. The first-order valence-electron chi connectivity index (χ1n) is 19.5. The fourth-order valence-corrected chi connectivity index (χ4v) is 7.50. The van der Waals surface area contributed by atoms with Gasteiger partial charge in [0, 0.05) is 30.5 Å². The maximum absolute atomic E-state index is 13.6. The lowest BCUT2D eigenvalue weighted by atomic mass is 9.79. The molecular formula is C40H62N6O9. The van der Waals surface area contributed by atoms with Gasteiger partial charge in [-0.3, -0.25) is 19.3 Å². The van der Waals surface area contributed by atoms with E-state index in [-0.39, 0.29) is 24.7 Å². The van der Waals surface area contributed by atoms with E-state index in [2.05, 4.69) is 20.6 Å². The van der Waals surface area contributed by atoms with Crippen molar-refractivity contribution in [1.82, 2.24) is 30.2 Å². The number of aliphatic hydroxyl groups excluding tert-OH is 4. The lowest BCUT2D eigenvalue weighted by Gasteiger charge is -2.46. The summed E-state index contributed by atoms with van der Waals surface area (Å²) in [6, 6.07) is 4.91. The first-order chi connectivity index (χ1) is 26.2. The highest BCUT2D eigenvalue weighted by Gasteiger charge is 2.47. The third-order valence-electron chi connectivity index (χ3n) is 10.8. The zero-order valence-corrected chi connectivity index (χ0v) is 33.3. The average Bonchev–Trinajstić information content (AvgIpc) is 3.64. The second-order valence-corrected chi connectivity index (χ2v) is 15.3. The monoisotopic (exact) mass is 770 g/mol. The molecular weight excluding hydrogens is 708 g/mol. The Morgan fingerprint density at radius 2 is 1.82 bits per heavy atom. The van der Waals surface area contributed by atoms with Crippen LogP contribution in [0.5, 0.6) is 0 Å². The minimum absolute atomic E-state index is 0.1000. The maximum Gasteiger partial charge on any atom is 0.308 e. The quantitative estimate of drug-likeness (QED) is 0.155. The van der Waals surface area contributed by atoms with Gasteiger partial charge in [-0.05, 0) is 77.9 Å². The normalized spacial score (nSPS) is 34.6. The molecule has 2 aliphatic heterocycles. The van der Waals surface area contributed by atoms with Gasteiger partial charge < -0.3 is 44.9 Å². The number of aliphatic hydroxyl groups is 4. The van der Waals surface area contributed by atoms with Crippen LogP contribution in [-0.4, -0.2) is 140 Å². The summed E-state index contributed by atoms with van der Waals surface area (Å²) in [5, 5.41) is 56.1. The van der Waals surface area contributed by atoms with Gasteiger partial charge >= 0.3 is 5.97 Å². The fraction of sp³-hybridized carbons (Fsp3) is 0.675. The molecule has 306 valence electrons. The maximum atomic E-state index is 13.6. The summed E-state index contributed by atoms with van der Waals surface area (Å²) in [7, 11) is 3.51. The van der Waals surface area contributed by atoms with Gasteiger partial charge in [0.05, 0.1) is 61.9 Å². The number of hydrogen-bond donors (Lipinski definition) is 5. The van der Waals surface area contributed by atoms with Gasteiger partial charge in [-0.2, -0.15) is 0 Å². The molecule has 0 saturated carbocycles. The molecule has 0 amide bonds. The van der Waals surface area contributed by atoms with Crippen molar-refractivity contribution in [1.29, 1.82) is 0 Å². The van der Waals surface area contributed by atoms with Crippen molar-refractivity contribution in [2.24, 2.45) is 23.7 Å². The predicted octanol–water partition coefficient (Wildman–Crippen LogP) is 2.15. The largest absolute Gasteiger partial charge is 0.462 e. The highest BCUT2D eigenvalue weighted by Crippen LogP contribution is 2.34. The van der Waals surface area contributed by atoms with Crippen molar-refractivity contribution in [3.05, 3.63) is 54.4 Å². The Balaban J connectivity index is 1.61. The number of aromatic nitrogens is 4. The van der Waals surface area contributed by atoms with Crippen LogP contribution in [0.4, 0.5) is 0 Å². The van der Waals surface area contributed by atoms with Crippen LogP contribution in [-0.2, 0) is 30.3 Å². The number of nitrogens with zero attached hydrogens (tertiary/aromatic N) is 5. The number of ether oxygens (including phenoxy) is 3. The van der Waals surface area contributed by atoms with Crippen LogP contribution in [0.3, 0.4) is 0 Å². The van der Waals surface area contributed by atoms with E-state index in [0.29, 0.717) is 44.6 Å². The molecule has 0 aromatic carbocycles. The number of likely N-dealkylation sites (N-methyl/N-ethyl adjacent to an activating group) is 1. The van der Waals surface area contributed by atoms with Gasteiger partial charge in [0.15, 0.2) is 12.1 Å². The van der Waals surface area contributed by atoms with Crippen LogP contribution in [0.15, 0.2) is 54.4 Å². The van der Waals surface area contributed by atoms with Crippen LogP contribution in [0.1, 0.15) is 60.3 Å². The van der Waals surface area contributed by atoms with E-state index in [1.54, 1.807) is 55.9 Å². The first-order valence-corrected chi connectivity index (χ1v) is 19.5. The molecule has 4 rings (SSSR count). The summed E-state index contributed by atoms with van der Waals surface area (Å²) in [6.07, 6.45) is 2.82. The highest BCUT2D eigenvalue weighted by molar-refractivity contribution is 5.91. The lowest BCUT2D eigenvalue weighted by molar-refractivity contribution is -0.304. The number of cyclic esters (lactones) is 1. The van der Waals surface area contributed by atoms with Crippen molar-refractivity contribution < 1.29 is 44.2 Å². The van der Waals surface area contributed by atoms with E-state index in [1.165, 1.54) is 6.08 Å². The molecule has 1 saturated heterocycles. The number of carbonyl (C=O) groups is 2.